The molecule has 0 spiro atoms. The number of piperidine rings is 1. The molecule has 0 aromatic carbocycles. The third-order valence-electron chi connectivity index (χ3n) is 6.02. The lowest BCUT2D eigenvalue weighted by molar-refractivity contribution is 0.0304. The van der Waals surface area contributed by atoms with Crippen LogP contribution in [0.4, 0.5) is 0 Å². The van der Waals surface area contributed by atoms with Gasteiger partial charge >= 0.3 is 0 Å². The lowest BCUT2D eigenvalue weighted by atomic mass is 9.97. The van der Waals surface area contributed by atoms with Gasteiger partial charge in [-0.1, -0.05) is 0 Å². The molecule has 8 heteroatoms. The van der Waals surface area contributed by atoms with Crippen LogP contribution in [0.3, 0.4) is 0 Å². The zero-order chi connectivity index (χ0) is 19.1. The number of nitrogens with one attached hydrogen (secondary N) is 1. The average Bonchev–Trinajstić information content (AvgIpc) is 3.30. The summed E-state index contributed by atoms with van der Waals surface area (Å²) in [5, 5.41) is 5.84. The predicted octanol–water partition coefficient (Wildman–Crippen LogP) is 1.59. The molecule has 2 bridgehead atoms. The molecule has 3 saturated heterocycles. The maximum absolute atomic E-state index is 12.9. The van der Waals surface area contributed by atoms with E-state index in [1.54, 1.807) is 12.3 Å². The number of amides is 2. The van der Waals surface area contributed by atoms with Crippen molar-refractivity contribution in [1.82, 2.24) is 20.1 Å². The van der Waals surface area contributed by atoms with Gasteiger partial charge in [0.05, 0.1) is 23.5 Å². The molecule has 3 aliphatic heterocycles. The number of ether oxygens (including phenoxy) is 1. The van der Waals surface area contributed by atoms with Crippen LogP contribution in [-0.2, 0) is 4.74 Å². The first-order valence-electron chi connectivity index (χ1n) is 9.95. The number of pyridine rings is 1. The second kappa shape index (κ2) is 7.42. The number of hydrogen-bond donors (Lipinski definition) is 1. The molecular formula is C20H24N4O3S. The smallest absolute Gasteiger partial charge is 0.270 e. The third kappa shape index (κ3) is 3.40. The number of nitrogens with zero attached hydrogens (tertiary/aromatic N) is 3. The molecular weight excluding hydrogens is 376 g/mol. The second-order valence-corrected chi connectivity index (χ2v) is 8.85. The van der Waals surface area contributed by atoms with E-state index in [9.17, 15) is 9.59 Å². The van der Waals surface area contributed by atoms with Crippen molar-refractivity contribution in [2.45, 2.75) is 18.9 Å². The van der Waals surface area contributed by atoms with E-state index in [-0.39, 0.29) is 17.9 Å². The number of aromatic nitrogens is 1. The highest BCUT2D eigenvalue weighted by Crippen LogP contribution is 2.29. The van der Waals surface area contributed by atoms with Gasteiger partial charge in [0.2, 0.25) is 0 Å². The van der Waals surface area contributed by atoms with E-state index in [4.69, 9.17) is 4.74 Å². The Hall–Kier alpha value is -2.03. The van der Waals surface area contributed by atoms with Gasteiger partial charge in [-0.3, -0.25) is 9.59 Å². The van der Waals surface area contributed by atoms with Gasteiger partial charge in [-0.2, -0.15) is 0 Å². The Bertz CT molecular complexity index is 896. The van der Waals surface area contributed by atoms with Crippen LogP contribution in [0.25, 0.3) is 10.1 Å². The van der Waals surface area contributed by atoms with Crippen LogP contribution >= 0.6 is 11.3 Å². The highest BCUT2D eigenvalue weighted by molar-refractivity contribution is 7.17. The molecule has 2 aromatic heterocycles. The average molecular weight is 401 g/mol. The molecule has 3 atom stereocenters. The number of fused-ring (bicyclic) bond motifs is 3. The maximum Gasteiger partial charge on any atom is 0.270 e. The first-order chi connectivity index (χ1) is 13.7. The van der Waals surface area contributed by atoms with Crippen molar-refractivity contribution in [2.75, 3.05) is 45.9 Å². The van der Waals surface area contributed by atoms with Crippen molar-refractivity contribution >= 4 is 33.2 Å². The molecule has 0 saturated carbocycles. The molecule has 3 aliphatic rings. The number of thiophene rings is 1. The van der Waals surface area contributed by atoms with E-state index < -0.39 is 0 Å². The summed E-state index contributed by atoms with van der Waals surface area (Å²) in [7, 11) is 0. The van der Waals surface area contributed by atoms with Gasteiger partial charge in [0.25, 0.3) is 11.8 Å². The standard InChI is InChI=1S/C20H24N4O3S/c25-19(22-14-7-13-1-2-23(10-13)11-14)17-8-15-16(12-28-18(15)9-21-17)20(26)24-3-5-27-6-4-24/h8-9,12-14H,1-7,10-11H2,(H,22,25)/t13-,14+/m0/s1. The van der Waals surface area contributed by atoms with Crippen molar-refractivity contribution in [3.8, 4) is 0 Å². The van der Waals surface area contributed by atoms with Gasteiger partial charge in [-0.25, -0.2) is 4.98 Å². The van der Waals surface area contributed by atoms with E-state index in [1.807, 2.05) is 10.3 Å². The molecule has 5 rings (SSSR count). The normalized spacial score (nSPS) is 27.1. The molecule has 28 heavy (non-hydrogen) atoms. The largest absolute Gasteiger partial charge is 0.378 e. The SMILES string of the molecule is O=C(N[C@@H]1C[C@@H]2CCN(C2)C1)c1cc2c(C(=O)N3CCOCC3)csc2cn1. The van der Waals surface area contributed by atoms with Crippen molar-refractivity contribution in [3.63, 3.8) is 0 Å². The molecule has 3 fully saturated rings. The molecule has 0 radical (unpaired) electrons. The number of rotatable bonds is 3. The Morgan fingerprint density at radius 1 is 1.21 bits per heavy atom. The Kier molecular flexibility index (Phi) is 4.78. The molecule has 1 N–H and O–H groups in total. The van der Waals surface area contributed by atoms with Crippen LogP contribution in [0, 0.1) is 5.92 Å². The molecule has 0 aliphatic carbocycles. The van der Waals surface area contributed by atoms with E-state index in [0.29, 0.717) is 43.5 Å². The second-order valence-electron chi connectivity index (χ2n) is 7.94. The van der Waals surface area contributed by atoms with E-state index in [1.165, 1.54) is 24.3 Å². The summed E-state index contributed by atoms with van der Waals surface area (Å²) >= 11 is 1.49. The Morgan fingerprint density at radius 3 is 2.89 bits per heavy atom. The summed E-state index contributed by atoms with van der Waals surface area (Å²) in [6.07, 6.45) is 3.99. The summed E-state index contributed by atoms with van der Waals surface area (Å²) in [6, 6.07) is 1.95. The zero-order valence-electron chi connectivity index (χ0n) is 15.7. The van der Waals surface area contributed by atoms with Crippen LogP contribution in [0.5, 0.6) is 0 Å². The van der Waals surface area contributed by atoms with Crippen molar-refractivity contribution in [1.29, 1.82) is 0 Å². The van der Waals surface area contributed by atoms with Gasteiger partial charge < -0.3 is 19.9 Å². The first kappa shape index (κ1) is 18.0. The number of morpholine rings is 1. The van der Waals surface area contributed by atoms with E-state index in [2.05, 4.69) is 15.2 Å². The molecule has 2 aromatic rings. The number of carbonyl (C=O) groups excluding carboxylic acids is 2. The summed E-state index contributed by atoms with van der Waals surface area (Å²) in [5.41, 5.74) is 1.04. The minimum atomic E-state index is -0.148. The molecule has 148 valence electrons. The van der Waals surface area contributed by atoms with E-state index >= 15 is 0 Å². The van der Waals surface area contributed by atoms with Crippen LogP contribution in [0.2, 0.25) is 0 Å². The summed E-state index contributed by atoms with van der Waals surface area (Å²) in [4.78, 5) is 34.3. The third-order valence-corrected chi connectivity index (χ3v) is 6.96. The maximum atomic E-state index is 12.9. The summed E-state index contributed by atoms with van der Waals surface area (Å²) in [5.74, 6) is 0.554. The Balaban J connectivity index is 1.35. The fraction of sp³-hybridized carbons (Fsp3) is 0.550. The van der Waals surface area contributed by atoms with Gasteiger partial charge in [0, 0.05) is 49.2 Å². The van der Waals surface area contributed by atoms with Crippen LogP contribution in [0.1, 0.15) is 33.7 Å². The minimum Gasteiger partial charge on any atom is -0.378 e. The lowest BCUT2D eigenvalue weighted by Crippen LogP contribution is -2.47. The highest BCUT2D eigenvalue weighted by Gasteiger charge is 2.33. The predicted molar refractivity (Wildman–Crippen MR) is 107 cm³/mol. The van der Waals surface area contributed by atoms with Crippen LogP contribution < -0.4 is 5.32 Å². The molecule has 1 unspecified atom stereocenters. The quantitative estimate of drug-likeness (QED) is 0.847. The zero-order valence-corrected chi connectivity index (χ0v) is 16.5. The van der Waals surface area contributed by atoms with Crippen LogP contribution in [-0.4, -0.2) is 78.6 Å². The Labute approximate surface area is 167 Å². The lowest BCUT2D eigenvalue weighted by Gasteiger charge is -2.30. The fourth-order valence-corrected chi connectivity index (χ4v) is 5.47. The van der Waals surface area contributed by atoms with Crippen molar-refractivity contribution < 1.29 is 14.3 Å². The Morgan fingerprint density at radius 2 is 2.07 bits per heavy atom. The van der Waals surface area contributed by atoms with Gasteiger partial charge in [-0.15, -0.1) is 11.3 Å². The van der Waals surface area contributed by atoms with E-state index in [0.717, 1.165) is 29.6 Å². The summed E-state index contributed by atoms with van der Waals surface area (Å²) in [6.45, 7) is 5.58. The van der Waals surface area contributed by atoms with Gasteiger partial charge in [0.15, 0.2) is 0 Å². The molecule has 2 amide bonds. The minimum absolute atomic E-state index is 0.00349. The monoisotopic (exact) mass is 400 g/mol. The van der Waals surface area contributed by atoms with Crippen molar-refractivity contribution in [3.05, 3.63) is 28.9 Å². The van der Waals surface area contributed by atoms with Crippen LogP contribution in [0.15, 0.2) is 17.6 Å². The molecule has 5 heterocycles. The number of hydrogen-bond acceptors (Lipinski definition) is 6. The van der Waals surface area contributed by atoms with Gasteiger partial charge in [0.1, 0.15) is 5.69 Å². The summed E-state index contributed by atoms with van der Waals surface area (Å²) < 4.78 is 6.27. The van der Waals surface area contributed by atoms with Crippen molar-refractivity contribution in [2.24, 2.45) is 5.92 Å². The highest BCUT2D eigenvalue weighted by atomic mass is 32.1. The fourth-order valence-electron chi connectivity index (χ4n) is 4.58. The van der Waals surface area contributed by atoms with Gasteiger partial charge in [-0.05, 0) is 31.4 Å². The number of carbonyl (C=O) groups is 2. The first-order valence-corrected chi connectivity index (χ1v) is 10.8. The topological polar surface area (TPSA) is 74.8 Å². The molecule has 7 nitrogen and oxygen atoms in total.